The van der Waals surface area contributed by atoms with Gasteiger partial charge in [0.1, 0.15) is 0 Å². The molecular formula is C6H6N4O9P2. The van der Waals surface area contributed by atoms with Crippen LogP contribution in [0.4, 0.5) is 11.4 Å². The van der Waals surface area contributed by atoms with Crippen molar-refractivity contribution in [3.63, 3.8) is 0 Å². The zero-order valence-corrected chi connectivity index (χ0v) is 11.5. The van der Waals surface area contributed by atoms with Crippen LogP contribution in [0.2, 0.25) is 0 Å². The molecule has 0 heterocycles. The third-order valence-corrected chi connectivity index (χ3v) is 3.83. The highest BCUT2D eigenvalue weighted by Gasteiger charge is 2.35. The van der Waals surface area contributed by atoms with Gasteiger partial charge >= 0.3 is 21.3 Å². The first kappa shape index (κ1) is 17.1. The number of benzene rings is 1. The maximum atomic E-state index is 11.3. The van der Waals surface area contributed by atoms with Crippen molar-refractivity contribution < 1.29 is 37.6 Å². The first-order valence-corrected chi connectivity index (χ1v) is 7.69. The SMILES string of the molecule is [N-]=[N+]=Nc1ccc(OP(=O)(O)OP(=O)(O)O)c([N+](=O)[O-])c1. The third-order valence-electron chi connectivity index (χ3n) is 1.72. The van der Waals surface area contributed by atoms with E-state index in [1.807, 2.05) is 0 Å². The molecule has 1 aromatic rings. The maximum absolute atomic E-state index is 11.3. The Labute approximate surface area is 115 Å². The van der Waals surface area contributed by atoms with Crippen LogP contribution in [0.5, 0.6) is 5.75 Å². The minimum absolute atomic E-state index is 0.180. The van der Waals surface area contributed by atoms with Crippen molar-refractivity contribution in [3.05, 3.63) is 38.8 Å². The minimum atomic E-state index is -5.36. The number of rotatable bonds is 6. The Bertz CT molecular complexity index is 708. The summed E-state index contributed by atoms with van der Waals surface area (Å²) in [5, 5.41) is 13.9. The minimum Gasteiger partial charge on any atom is -0.396 e. The highest BCUT2D eigenvalue weighted by molar-refractivity contribution is 7.60. The van der Waals surface area contributed by atoms with E-state index in [9.17, 15) is 19.2 Å². The van der Waals surface area contributed by atoms with Crippen LogP contribution < -0.4 is 4.52 Å². The molecule has 0 radical (unpaired) electrons. The van der Waals surface area contributed by atoms with Gasteiger partial charge in [0.05, 0.1) is 4.92 Å². The van der Waals surface area contributed by atoms with Crippen molar-refractivity contribution in [3.8, 4) is 5.75 Å². The molecule has 114 valence electrons. The molecule has 0 aliphatic carbocycles. The molecule has 0 fully saturated rings. The van der Waals surface area contributed by atoms with Crippen molar-refractivity contribution >= 4 is 27.0 Å². The number of nitrogens with zero attached hydrogens (tertiary/aromatic N) is 4. The first-order valence-electron chi connectivity index (χ1n) is 4.67. The van der Waals surface area contributed by atoms with Crippen molar-refractivity contribution in [2.75, 3.05) is 0 Å². The zero-order valence-electron chi connectivity index (χ0n) is 9.71. The van der Waals surface area contributed by atoms with Crippen LogP contribution in [0.15, 0.2) is 23.3 Å². The van der Waals surface area contributed by atoms with Crippen LogP contribution in [0.1, 0.15) is 0 Å². The Morgan fingerprint density at radius 1 is 1.33 bits per heavy atom. The number of nitro benzene ring substituents is 1. The van der Waals surface area contributed by atoms with Crippen LogP contribution >= 0.6 is 15.6 Å². The molecule has 0 amide bonds. The van der Waals surface area contributed by atoms with Gasteiger partial charge in [0.25, 0.3) is 0 Å². The van der Waals surface area contributed by atoms with Crippen molar-refractivity contribution in [2.45, 2.75) is 0 Å². The molecule has 0 saturated heterocycles. The van der Waals surface area contributed by atoms with Gasteiger partial charge in [-0.2, -0.15) is 4.31 Å². The van der Waals surface area contributed by atoms with Gasteiger partial charge in [-0.1, -0.05) is 5.11 Å². The molecule has 0 bridgehead atoms. The molecule has 0 aliphatic heterocycles. The van der Waals surface area contributed by atoms with Crippen LogP contribution in [0, 0.1) is 10.1 Å². The van der Waals surface area contributed by atoms with E-state index in [4.69, 9.17) is 20.2 Å². The van der Waals surface area contributed by atoms with Crippen LogP contribution in [-0.4, -0.2) is 19.6 Å². The van der Waals surface area contributed by atoms with E-state index >= 15 is 0 Å². The van der Waals surface area contributed by atoms with Crippen molar-refractivity contribution in [1.29, 1.82) is 0 Å². The first-order chi connectivity index (χ1) is 9.54. The molecule has 1 atom stereocenters. The van der Waals surface area contributed by atoms with Gasteiger partial charge < -0.3 is 14.3 Å². The number of phosphoric ester groups is 1. The predicted octanol–water partition coefficient (Wildman–Crippen LogP) is 2.13. The molecule has 1 rings (SSSR count). The van der Waals surface area contributed by atoms with E-state index in [1.54, 1.807) is 0 Å². The van der Waals surface area contributed by atoms with Crippen LogP contribution in [0.3, 0.4) is 0 Å². The molecule has 1 aromatic carbocycles. The number of hydrogen-bond donors (Lipinski definition) is 3. The molecule has 0 aromatic heterocycles. The summed E-state index contributed by atoms with van der Waals surface area (Å²) < 4.78 is 29.5. The highest BCUT2D eigenvalue weighted by atomic mass is 31.3. The van der Waals surface area contributed by atoms with E-state index in [2.05, 4.69) is 18.9 Å². The quantitative estimate of drug-likeness (QED) is 0.173. The summed E-state index contributed by atoms with van der Waals surface area (Å²) in [7, 11) is -10.7. The topological polar surface area (TPSA) is 205 Å². The lowest BCUT2D eigenvalue weighted by Gasteiger charge is -2.13. The lowest BCUT2D eigenvalue weighted by molar-refractivity contribution is -0.385. The number of hydrogen-bond acceptors (Lipinski definition) is 7. The summed E-state index contributed by atoms with van der Waals surface area (Å²) in [6.07, 6.45) is 0. The normalized spacial score (nSPS) is 13.9. The summed E-state index contributed by atoms with van der Waals surface area (Å²) in [4.78, 5) is 38.1. The summed E-state index contributed by atoms with van der Waals surface area (Å²) in [6, 6.07) is 2.54. The summed E-state index contributed by atoms with van der Waals surface area (Å²) >= 11 is 0. The van der Waals surface area contributed by atoms with Crippen LogP contribution in [0.25, 0.3) is 10.4 Å². The molecule has 0 spiro atoms. The third kappa shape index (κ3) is 5.50. The van der Waals surface area contributed by atoms with E-state index in [1.165, 1.54) is 0 Å². The van der Waals surface area contributed by atoms with E-state index < -0.39 is 32.0 Å². The fourth-order valence-electron chi connectivity index (χ4n) is 1.11. The second-order valence-electron chi connectivity index (χ2n) is 3.23. The number of phosphoric acid groups is 2. The average Bonchev–Trinajstić information content (AvgIpc) is 2.27. The molecule has 1 unspecified atom stereocenters. The molecule has 13 nitrogen and oxygen atoms in total. The molecule has 0 aliphatic rings. The Hall–Kier alpha value is -1.97. The fourth-order valence-corrected chi connectivity index (χ4v) is 2.73. The van der Waals surface area contributed by atoms with Gasteiger partial charge in [-0.15, -0.1) is 0 Å². The number of azide groups is 1. The van der Waals surface area contributed by atoms with Gasteiger partial charge in [-0.3, -0.25) is 15.0 Å². The van der Waals surface area contributed by atoms with Gasteiger partial charge in [-0.05, 0) is 17.7 Å². The van der Waals surface area contributed by atoms with Gasteiger partial charge in [0.2, 0.25) is 5.75 Å². The van der Waals surface area contributed by atoms with E-state index in [-0.39, 0.29) is 5.69 Å². The standard InChI is InChI=1S/C6H6N4O9P2/c7-9-8-4-1-2-6(5(3-4)10(11)12)18-21(16,17)19-20(13,14)15/h1-3H,(H,16,17)(H2,13,14,15). The van der Waals surface area contributed by atoms with Gasteiger partial charge in [0.15, 0.2) is 0 Å². The van der Waals surface area contributed by atoms with Crippen molar-refractivity contribution in [2.24, 2.45) is 5.11 Å². The summed E-state index contributed by atoms with van der Waals surface area (Å²) in [5.74, 6) is -0.809. The Balaban J connectivity index is 3.19. The fraction of sp³-hybridized carbons (Fsp3) is 0. The molecule has 15 heteroatoms. The van der Waals surface area contributed by atoms with Gasteiger partial charge in [-0.25, -0.2) is 9.13 Å². The monoisotopic (exact) mass is 340 g/mol. The maximum Gasteiger partial charge on any atom is 0.536 e. The molecular weight excluding hydrogens is 334 g/mol. The zero-order chi connectivity index (χ0) is 16.3. The largest absolute Gasteiger partial charge is 0.536 e. The predicted molar refractivity (Wildman–Crippen MR) is 65.5 cm³/mol. The Kier molecular flexibility index (Phi) is 5.05. The highest BCUT2D eigenvalue weighted by Crippen LogP contribution is 2.58. The Morgan fingerprint density at radius 3 is 2.43 bits per heavy atom. The molecule has 0 saturated carbocycles. The smallest absolute Gasteiger partial charge is 0.396 e. The summed E-state index contributed by atoms with van der Waals surface area (Å²) in [6.45, 7) is 0. The van der Waals surface area contributed by atoms with E-state index in [0.29, 0.717) is 0 Å². The van der Waals surface area contributed by atoms with Crippen molar-refractivity contribution in [1.82, 2.24) is 0 Å². The second kappa shape index (κ2) is 6.20. The van der Waals surface area contributed by atoms with Gasteiger partial charge in [0, 0.05) is 16.7 Å². The Morgan fingerprint density at radius 2 is 1.95 bits per heavy atom. The average molecular weight is 340 g/mol. The molecule has 21 heavy (non-hydrogen) atoms. The number of nitro groups is 1. The van der Waals surface area contributed by atoms with E-state index in [0.717, 1.165) is 18.2 Å². The van der Waals surface area contributed by atoms with Crippen LogP contribution in [-0.2, 0) is 13.4 Å². The molecule has 3 N–H and O–H groups in total. The summed E-state index contributed by atoms with van der Waals surface area (Å²) in [5.41, 5.74) is 7.15. The lowest BCUT2D eigenvalue weighted by Crippen LogP contribution is -1.99. The lowest BCUT2D eigenvalue weighted by atomic mass is 10.2. The second-order valence-corrected chi connectivity index (χ2v) is 5.98.